The first kappa shape index (κ1) is 13.8. The van der Waals surface area contributed by atoms with Gasteiger partial charge >= 0.3 is 0 Å². The van der Waals surface area contributed by atoms with E-state index in [0.29, 0.717) is 6.61 Å². The Hall–Kier alpha value is -0.600. The number of methoxy groups -OCH3 is 1. The van der Waals surface area contributed by atoms with Crippen LogP contribution in [0.2, 0.25) is 0 Å². The Kier molecular flexibility index (Phi) is 5.02. The second-order valence-corrected chi connectivity index (χ2v) is 5.79. The van der Waals surface area contributed by atoms with E-state index >= 15 is 0 Å². The van der Waals surface area contributed by atoms with Crippen LogP contribution in [0.3, 0.4) is 0 Å². The Labute approximate surface area is 128 Å². The maximum absolute atomic E-state index is 5.07. The molecule has 96 valence electrons. The molecule has 0 aliphatic heterocycles. The number of imidazole rings is 1. The Bertz CT molecular complexity index is 530. The van der Waals surface area contributed by atoms with Crippen LogP contribution in [-0.2, 0) is 11.3 Å². The van der Waals surface area contributed by atoms with E-state index in [1.807, 2.05) is 16.8 Å². The summed E-state index contributed by atoms with van der Waals surface area (Å²) in [6.45, 7) is 1.44. The topological polar surface area (TPSA) is 39.1 Å². The van der Waals surface area contributed by atoms with Crippen LogP contribution in [-0.4, -0.2) is 23.3 Å². The summed E-state index contributed by atoms with van der Waals surface area (Å²) in [4.78, 5) is 4.30. The van der Waals surface area contributed by atoms with Crippen molar-refractivity contribution in [1.29, 1.82) is 0 Å². The average Bonchev–Trinajstić information content (AvgIpc) is 2.77. The summed E-state index contributed by atoms with van der Waals surface area (Å²) in [6.07, 6.45) is 3.71. The van der Waals surface area contributed by atoms with Crippen LogP contribution in [0.5, 0.6) is 0 Å². The van der Waals surface area contributed by atoms with Gasteiger partial charge < -0.3 is 14.6 Å². The Balaban J connectivity index is 2.15. The molecule has 0 radical (unpaired) electrons. The molecule has 0 fully saturated rings. The van der Waals surface area contributed by atoms with E-state index in [0.717, 1.165) is 22.7 Å². The standard InChI is InChI=1S/C12H13BrIN3O/c1-18-7-6-17-5-4-15-12(17)16-11-3-2-9(14)8-10(11)13/h2-5,8H,6-7H2,1H3,(H,15,16). The molecule has 1 N–H and O–H groups in total. The van der Waals surface area contributed by atoms with Crippen molar-refractivity contribution in [3.63, 3.8) is 0 Å². The molecular weight excluding hydrogens is 409 g/mol. The molecule has 2 rings (SSSR count). The van der Waals surface area contributed by atoms with Gasteiger partial charge in [-0.25, -0.2) is 4.98 Å². The van der Waals surface area contributed by atoms with Crippen molar-refractivity contribution in [1.82, 2.24) is 9.55 Å². The summed E-state index contributed by atoms with van der Waals surface area (Å²) >= 11 is 5.82. The molecule has 1 aromatic carbocycles. The SMILES string of the molecule is COCCn1ccnc1Nc1ccc(I)cc1Br. The molecule has 0 spiro atoms. The Morgan fingerprint density at radius 3 is 3.06 bits per heavy atom. The first-order valence-electron chi connectivity index (χ1n) is 5.43. The molecule has 0 aliphatic rings. The summed E-state index contributed by atoms with van der Waals surface area (Å²) in [6, 6.07) is 6.14. The van der Waals surface area contributed by atoms with Gasteiger partial charge in [0.25, 0.3) is 0 Å². The molecule has 0 saturated heterocycles. The van der Waals surface area contributed by atoms with Gasteiger partial charge in [0.05, 0.1) is 12.3 Å². The van der Waals surface area contributed by atoms with E-state index in [1.165, 1.54) is 3.57 Å². The van der Waals surface area contributed by atoms with Crippen LogP contribution in [0.1, 0.15) is 0 Å². The zero-order valence-electron chi connectivity index (χ0n) is 9.86. The molecular formula is C12H13BrIN3O. The third-order valence-corrected chi connectivity index (χ3v) is 3.76. The number of nitrogens with one attached hydrogen (secondary N) is 1. The first-order valence-corrected chi connectivity index (χ1v) is 7.30. The number of benzene rings is 1. The zero-order valence-corrected chi connectivity index (χ0v) is 13.6. The van der Waals surface area contributed by atoms with Gasteiger partial charge in [-0.1, -0.05) is 0 Å². The second kappa shape index (κ2) is 6.53. The molecule has 18 heavy (non-hydrogen) atoms. The first-order chi connectivity index (χ1) is 8.70. The van der Waals surface area contributed by atoms with Crippen LogP contribution < -0.4 is 5.32 Å². The normalized spacial score (nSPS) is 10.6. The third kappa shape index (κ3) is 3.46. The highest BCUT2D eigenvalue weighted by Gasteiger charge is 2.05. The molecule has 1 aromatic heterocycles. The molecule has 0 amide bonds. The highest BCUT2D eigenvalue weighted by molar-refractivity contribution is 14.1. The fourth-order valence-electron chi connectivity index (χ4n) is 1.51. The smallest absolute Gasteiger partial charge is 0.207 e. The van der Waals surface area contributed by atoms with Crippen LogP contribution in [0.25, 0.3) is 0 Å². The minimum Gasteiger partial charge on any atom is -0.383 e. The molecule has 1 heterocycles. The molecule has 2 aromatic rings. The van der Waals surface area contributed by atoms with Gasteiger partial charge in [0.2, 0.25) is 5.95 Å². The fourth-order valence-corrected chi connectivity index (χ4v) is 2.91. The Morgan fingerprint density at radius 2 is 2.33 bits per heavy atom. The average molecular weight is 422 g/mol. The number of halogens is 2. The minimum atomic E-state index is 0.666. The molecule has 0 bridgehead atoms. The van der Waals surface area contributed by atoms with Crippen LogP contribution in [0.15, 0.2) is 35.1 Å². The van der Waals surface area contributed by atoms with E-state index in [2.05, 4.69) is 61.0 Å². The number of anilines is 2. The van der Waals surface area contributed by atoms with Crippen molar-refractivity contribution < 1.29 is 4.74 Å². The van der Waals surface area contributed by atoms with Gasteiger partial charge in [0.15, 0.2) is 0 Å². The predicted octanol–water partition coefficient (Wildman–Crippen LogP) is 3.64. The fraction of sp³-hybridized carbons (Fsp3) is 0.250. The summed E-state index contributed by atoms with van der Waals surface area (Å²) in [5.41, 5.74) is 1.00. The monoisotopic (exact) mass is 421 g/mol. The van der Waals surface area contributed by atoms with Gasteiger partial charge in [0.1, 0.15) is 0 Å². The van der Waals surface area contributed by atoms with Gasteiger partial charge in [-0.05, 0) is 56.7 Å². The molecule has 0 atom stereocenters. The Morgan fingerprint density at radius 1 is 1.50 bits per heavy atom. The van der Waals surface area contributed by atoms with Crippen molar-refractivity contribution in [3.05, 3.63) is 38.6 Å². The number of nitrogens with zero attached hydrogens (tertiary/aromatic N) is 2. The lowest BCUT2D eigenvalue weighted by molar-refractivity contribution is 0.188. The number of rotatable bonds is 5. The summed E-state index contributed by atoms with van der Waals surface area (Å²) in [7, 11) is 1.69. The maximum atomic E-state index is 5.07. The van der Waals surface area contributed by atoms with Gasteiger partial charge in [-0.15, -0.1) is 0 Å². The van der Waals surface area contributed by atoms with Gasteiger partial charge in [-0.3, -0.25) is 0 Å². The predicted molar refractivity (Wildman–Crippen MR) is 84.2 cm³/mol. The van der Waals surface area contributed by atoms with Crippen LogP contribution >= 0.6 is 38.5 Å². The van der Waals surface area contributed by atoms with E-state index in [9.17, 15) is 0 Å². The van der Waals surface area contributed by atoms with Crippen molar-refractivity contribution in [2.45, 2.75) is 6.54 Å². The number of ether oxygens (including phenoxy) is 1. The quantitative estimate of drug-likeness (QED) is 0.749. The molecule has 0 aliphatic carbocycles. The molecule has 0 saturated carbocycles. The van der Waals surface area contributed by atoms with Gasteiger partial charge in [-0.2, -0.15) is 0 Å². The zero-order chi connectivity index (χ0) is 13.0. The van der Waals surface area contributed by atoms with E-state index in [-0.39, 0.29) is 0 Å². The highest BCUT2D eigenvalue weighted by Crippen LogP contribution is 2.26. The van der Waals surface area contributed by atoms with Crippen LogP contribution in [0.4, 0.5) is 11.6 Å². The summed E-state index contributed by atoms with van der Waals surface area (Å²) < 4.78 is 9.31. The van der Waals surface area contributed by atoms with Gasteiger partial charge in [0, 0.05) is 34.1 Å². The lowest BCUT2D eigenvalue weighted by atomic mass is 10.3. The molecule has 4 nitrogen and oxygen atoms in total. The molecule has 0 unspecified atom stereocenters. The van der Waals surface area contributed by atoms with Crippen molar-refractivity contribution in [2.75, 3.05) is 19.0 Å². The van der Waals surface area contributed by atoms with Crippen molar-refractivity contribution in [2.24, 2.45) is 0 Å². The maximum Gasteiger partial charge on any atom is 0.207 e. The lowest BCUT2D eigenvalue weighted by Gasteiger charge is -2.11. The second-order valence-electron chi connectivity index (χ2n) is 3.69. The van der Waals surface area contributed by atoms with Crippen LogP contribution in [0, 0.1) is 3.57 Å². The van der Waals surface area contributed by atoms with Crippen molar-refractivity contribution in [3.8, 4) is 0 Å². The minimum absolute atomic E-state index is 0.666. The lowest BCUT2D eigenvalue weighted by Crippen LogP contribution is -2.07. The van der Waals surface area contributed by atoms with E-state index in [4.69, 9.17) is 4.74 Å². The largest absolute Gasteiger partial charge is 0.383 e. The number of hydrogen-bond acceptors (Lipinski definition) is 3. The molecule has 6 heteroatoms. The number of hydrogen-bond donors (Lipinski definition) is 1. The number of aromatic nitrogens is 2. The third-order valence-electron chi connectivity index (χ3n) is 2.43. The highest BCUT2D eigenvalue weighted by atomic mass is 127. The van der Waals surface area contributed by atoms with E-state index < -0.39 is 0 Å². The summed E-state index contributed by atoms with van der Waals surface area (Å²) in [5, 5.41) is 3.30. The van der Waals surface area contributed by atoms with Crippen molar-refractivity contribution >= 4 is 50.2 Å². The van der Waals surface area contributed by atoms with E-state index in [1.54, 1.807) is 13.3 Å². The summed E-state index contributed by atoms with van der Waals surface area (Å²) in [5.74, 6) is 0.814.